The number of pyridine rings is 1. The van der Waals surface area contributed by atoms with Gasteiger partial charge in [-0.2, -0.15) is 0 Å². The summed E-state index contributed by atoms with van der Waals surface area (Å²) in [6.07, 6.45) is 0.300. The van der Waals surface area contributed by atoms with Crippen LogP contribution in [0.1, 0.15) is 5.69 Å². The number of carbonyl (C=O) groups is 1. The third-order valence-electron chi connectivity index (χ3n) is 2.63. The summed E-state index contributed by atoms with van der Waals surface area (Å²) in [4.78, 5) is 16.1. The van der Waals surface area contributed by atoms with E-state index < -0.39 is 0 Å². The van der Waals surface area contributed by atoms with Gasteiger partial charge in [-0.1, -0.05) is 24.3 Å². The molecule has 1 amide bonds. The first-order chi connectivity index (χ1) is 8.79. The van der Waals surface area contributed by atoms with Crippen molar-refractivity contribution in [2.45, 2.75) is 6.42 Å². The molecule has 2 rings (SSSR count). The van der Waals surface area contributed by atoms with Crippen molar-refractivity contribution in [1.29, 1.82) is 0 Å². The van der Waals surface area contributed by atoms with Crippen molar-refractivity contribution >= 4 is 16.8 Å². The Morgan fingerprint density at radius 2 is 2.11 bits per heavy atom. The van der Waals surface area contributed by atoms with E-state index in [1.165, 1.54) is 0 Å². The van der Waals surface area contributed by atoms with Crippen LogP contribution in [0.2, 0.25) is 0 Å². The zero-order valence-electron chi connectivity index (χ0n) is 10.3. The molecule has 0 bridgehead atoms. The summed E-state index contributed by atoms with van der Waals surface area (Å²) >= 11 is 0. The SMILES string of the molecule is COCCNC(=O)Cc1ccc2ccccc2n1. The van der Waals surface area contributed by atoms with Crippen LogP contribution in [-0.2, 0) is 16.0 Å². The summed E-state index contributed by atoms with van der Waals surface area (Å²) in [7, 11) is 1.61. The van der Waals surface area contributed by atoms with Crippen molar-refractivity contribution in [2.24, 2.45) is 0 Å². The van der Waals surface area contributed by atoms with E-state index in [0.717, 1.165) is 16.6 Å². The number of fused-ring (bicyclic) bond motifs is 1. The number of aromatic nitrogens is 1. The first-order valence-electron chi connectivity index (χ1n) is 5.90. The van der Waals surface area contributed by atoms with Gasteiger partial charge < -0.3 is 10.1 Å². The number of rotatable bonds is 5. The number of ether oxygens (including phenoxy) is 1. The van der Waals surface area contributed by atoms with Crippen LogP contribution in [0.3, 0.4) is 0 Å². The van der Waals surface area contributed by atoms with E-state index in [2.05, 4.69) is 10.3 Å². The van der Waals surface area contributed by atoms with Crippen LogP contribution in [0.25, 0.3) is 10.9 Å². The van der Waals surface area contributed by atoms with E-state index >= 15 is 0 Å². The molecule has 0 radical (unpaired) electrons. The molecular weight excluding hydrogens is 228 g/mol. The van der Waals surface area contributed by atoms with Gasteiger partial charge in [-0.15, -0.1) is 0 Å². The Hall–Kier alpha value is -1.94. The lowest BCUT2D eigenvalue weighted by Crippen LogP contribution is -2.28. The molecule has 0 aliphatic rings. The monoisotopic (exact) mass is 244 g/mol. The second kappa shape index (κ2) is 6.12. The maximum atomic E-state index is 11.6. The molecule has 0 saturated heterocycles. The Morgan fingerprint density at radius 1 is 1.28 bits per heavy atom. The molecule has 0 unspecified atom stereocenters. The summed E-state index contributed by atoms with van der Waals surface area (Å²) < 4.78 is 4.87. The van der Waals surface area contributed by atoms with Crippen molar-refractivity contribution in [3.05, 3.63) is 42.1 Å². The standard InChI is InChI=1S/C14H16N2O2/c1-18-9-8-15-14(17)10-12-7-6-11-4-2-3-5-13(11)16-12/h2-7H,8-10H2,1H3,(H,15,17). The molecule has 0 aliphatic carbocycles. The number of nitrogens with one attached hydrogen (secondary N) is 1. The minimum absolute atomic E-state index is 0.0326. The normalized spacial score (nSPS) is 10.5. The fourth-order valence-corrected chi connectivity index (χ4v) is 1.73. The average molecular weight is 244 g/mol. The van der Waals surface area contributed by atoms with Gasteiger partial charge in [-0.3, -0.25) is 9.78 Å². The maximum Gasteiger partial charge on any atom is 0.226 e. The van der Waals surface area contributed by atoms with Crippen LogP contribution in [0.4, 0.5) is 0 Å². The predicted octanol–water partition coefficient (Wildman–Crippen LogP) is 1.54. The van der Waals surface area contributed by atoms with Crippen molar-refractivity contribution in [3.63, 3.8) is 0 Å². The van der Waals surface area contributed by atoms with Crippen LogP contribution in [0.5, 0.6) is 0 Å². The number of nitrogens with zero attached hydrogens (tertiary/aromatic N) is 1. The Labute approximate surface area is 106 Å². The summed E-state index contributed by atoms with van der Waals surface area (Å²) in [5.41, 5.74) is 1.70. The highest BCUT2D eigenvalue weighted by molar-refractivity contribution is 5.81. The van der Waals surface area contributed by atoms with E-state index in [9.17, 15) is 4.79 Å². The molecule has 1 aromatic carbocycles. The highest BCUT2D eigenvalue weighted by atomic mass is 16.5. The number of hydrogen-bond donors (Lipinski definition) is 1. The first kappa shape index (κ1) is 12.5. The smallest absolute Gasteiger partial charge is 0.226 e. The topological polar surface area (TPSA) is 51.2 Å². The molecule has 4 nitrogen and oxygen atoms in total. The Balaban J connectivity index is 2.01. The molecule has 4 heteroatoms. The van der Waals surface area contributed by atoms with Crippen molar-refractivity contribution in [2.75, 3.05) is 20.3 Å². The third-order valence-corrected chi connectivity index (χ3v) is 2.63. The molecule has 1 heterocycles. The van der Waals surface area contributed by atoms with E-state index in [4.69, 9.17) is 4.74 Å². The van der Waals surface area contributed by atoms with Gasteiger partial charge in [0.15, 0.2) is 0 Å². The molecule has 94 valence electrons. The number of benzene rings is 1. The van der Waals surface area contributed by atoms with Crippen LogP contribution in [0.15, 0.2) is 36.4 Å². The van der Waals surface area contributed by atoms with E-state index in [1.807, 2.05) is 36.4 Å². The van der Waals surface area contributed by atoms with Gasteiger partial charge >= 0.3 is 0 Å². The minimum atomic E-state index is -0.0326. The largest absolute Gasteiger partial charge is 0.383 e. The van der Waals surface area contributed by atoms with Gasteiger partial charge in [0, 0.05) is 19.0 Å². The summed E-state index contributed by atoms with van der Waals surface area (Å²) in [5, 5.41) is 3.86. The van der Waals surface area contributed by atoms with Gasteiger partial charge in [0.2, 0.25) is 5.91 Å². The molecule has 0 fully saturated rings. The lowest BCUT2D eigenvalue weighted by molar-refractivity contribution is -0.120. The molecule has 18 heavy (non-hydrogen) atoms. The zero-order chi connectivity index (χ0) is 12.8. The molecule has 1 N–H and O–H groups in total. The maximum absolute atomic E-state index is 11.6. The van der Waals surface area contributed by atoms with Crippen molar-refractivity contribution < 1.29 is 9.53 Å². The van der Waals surface area contributed by atoms with Crippen LogP contribution < -0.4 is 5.32 Å². The zero-order valence-corrected chi connectivity index (χ0v) is 10.3. The second-order valence-corrected chi connectivity index (χ2v) is 4.01. The van der Waals surface area contributed by atoms with Crippen LogP contribution in [-0.4, -0.2) is 31.2 Å². The summed E-state index contributed by atoms with van der Waals surface area (Å²) in [6.45, 7) is 1.06. The summed E-state index contributed by atoms with van der Waals surface area (Å²) in [5.74, 6) is -0.0326. The van der Waals surface area contributed by atoms with E-state index in [-0.39, 0.29) is 5.91 Å². The van der Waals surface area contributed by atoms with Crippen molar-refractivity contribution in [1.82, 2.24) is 10.3 Å². The summed E-state index contributed by atoms with van der Waals surface area (Å²) in [6, 6.07) is 11.7. The molecule has 2 aromatic rings. The molecule has 0 saturated carbocycles. The average Bonchev–Trinajstić information content (AvgIpc) is 2.39. The fourth-order valence-electron chi connectivity index (χ4n) is 1.73. The van der Waals surface area contributed by atoms with Gasteiger partial charge in [0.1, 0.15) is 0 Å². The van der Waals surface area contributed by atoms with Gasteiger partial charge in [0.05, 0.1) is 24.2 Å². The number of para-hydroxylation sites is 1. The Kier molecular flexibility index (Phi) is 4.25. The van der Waals surface area contributed by atoms with E-state index in [1.54, 1.807) is 7.11 Å². The first-order valence-corrected chi connectivity index (χ1v) is 5.90. The number of carbonyl (C=O) groups excluding carboxylic acids is 1. The lowest BCUT2D eigenvalue weighted by atomic mass is 10.2. The minimum Gasteiger partial charge on any atom is -0.383 e. The van der Waals surface area contributed by atoms with Gasteiger partial charge in [0.25, 0.3) is 0 Å². The molecular formula is C14H16N2O2. The highest BCUT2D eigenvalue weighted by Crippen LogP contribution is 2.11. The third kappa shape index (κ3) is 3.28. The van der Waals surface area contributed by atoms with Crippen molar-refractivity contribution in [3.8, 4) is 0 Å². The lowest BCUT2D eigenvalue weighted by Gasteiger charge is -2.05. The molecule has 0 atom stereocenters. The van der Waals surface area contributed by atoms with Gasteiger partial charge in [-0.25, -0.2) is 0 Å². The molecule has 1 aromatic heterocycles. The second-order valence-electron chi connectivity index (χ2n) is 4.01. The van der Waals surface area contributed by atoms with Gasteiger partial charge in [-0.05, 0) is 12.1 Å². The quantitative estimate of drug-likeness (QED) is 0.812. The Bertz CT molecular complexity index is 540. The van der Waals surface area contributed by atoms with Crippen LogP contribution >= 0.6 is 0 Å². The molecule has 0 spiro atoms. The number of hydrogen-bond acceptors (Lipinski definition) is 3. The fraction of sp³-hybridized carbons (Fsp3) is 0.286. The Morgan fingerprint density at radius 3 is 2.94 bits per heavy atom. The van der Waals surface area contributed by atoms with E-state index in [0.29, 0.717) is 19.6 Å². The van der Waals surface area contributed by atoms with Crippen LogP contribution in [0, 0.1) is 0 Å². The molecule has 0 aliphatic heterocycles. The predicted molar refractivity (Wildman–Crippen MR) is 70.3 cm³/mol. The number of amides is 1. The number of methoxy groups -OCH3 is 1. The highest BCUT2D eigenvalue weighted by Gasteiger charge is 2.04.